The van der Waals surface area contributed by atoms with Crippen LogP contribution >= 0.6 is 11.6 Å². The molecule has 0 radical (unpaired) electrons. The molecule has 16 heavy (non-hydrogen) atoms. The van der Waals surface area contributed by atoms with E-state index in [9.17, 15) is 5.11 Å². The maximum absolute atomic E-state index is 9.44. The number of aliphatic hydroxyl groups is 1. The fourth-order valence-corrected chi connectivity index (χ4v) is 1.92. The number of halogens is 1. The van der Waals surface area contributed by atoms with Crippen molar-refractivity contribution in [2.45, 2.75) is 20.0 Å². The van der Waals surface area contributed by atoms with Gasteiger partial charge in [0.1, 0.15) is 0 Å². The molecule has 0 amide bonds. The van der Waals surface area contributed by atoms with Gasteiger partial charge in [-0.15, -0.1) is 0 Å². The van der Waals surface area contributed by atoms with E-state index in [1.807, 2.05) is 31.0 Å². The van der Waals surface area contributed by atoms with E-state index in [1.165, 1.54) is 0 Å². The summed E-state index contributed by atoms with van der Waals surface area (Å²) < 4.78 is 0. The lowest BCUT2D eigenvalue weighted by molar-refractivity contribution is 0.199. The van der Waals surface area contributed by atoms with Gasteiger partial charge in [-0.1, -0.05) is 29.8 Å². The third kappa shape index (κ3) is 3.26. The molecule has 0 bridgehead atoms. The second-order valence-corrected chi connectivity index (χ2v) is 4.61. The Hall–Kier alpha value is -0.990. The van der Waals surface area contributed by atoms with Gasteiger partial charge in [0.2, 0.25) is 0 Å². The first-order chi connectivity index (χ1) is 7.41. The molecule has 1 aromatic carbocycles. The summed E-state index contributed by atoms with van der Waals surface area (Å²) in [5, 5.41) is 10.1. The largest absolute Gasteiger partial charge is 0.389 e. The maximum atomic E-state index is 9.44. The Morgan fingerprint density at radius 3 is 2.62 bits per heavy atom. The highest BCUT2D eigenvalue weighted by molar-refractivity contribution is 6.33. The molecule has 3 heteroatoms. The van der Waals surface area contributed by atoms with Crippen molar-refractivity contribution in [1.29, 1.82) is 0 Å². The monoisotopic (exact) mass is 239 g/mol. The molecule has 0 spiro atoms. The molecule has 88 valence electrons. The molecule has 0 saturated carbocycles. The molecule has 0 saturated heterocycles. The summed E-state index contributed by atoms with van der Waals surface area (Å²) in [5.74, 6) is 0. The highest BCUT2D eigenvalue weighted by Gasteiger charge is 2.09. The number of benzene rings is 1. The Morgan fingerprint density at radius 1 is 1.56 bits per heavy atom. The van der Waals surface area contributed by atoms with Crippen LogP contribution in [0.15, 0.2) is 30.4 Å². The molecular formula is C13H18ClNO. The lowest BCUT2D eigenvalue weighted by atomic mass is 10.1. The van der Waals surface area contributed by atoms with Crippen LogP contribution in [0, 0.1) is 0 Å². The fourth-order valence-electron chi connectivity index (χ4n) is 1.58. The van der Waals surface area contributed by atoms with Gasteiger partial charge in [0.25, 0.3) is 0 Å². The molecule has 0 aliphatic heterocycles. The van der Waals surface area contributed by atoms with Gasteiger partial charge in [-0.3, -0.25) is 0 Å². The third-order valence-electron chi connectivity index (χ3n) is 2.37. The summed E-state index contributed by atoms with van der Waals surface area (Å²) in [7, 11) is 1.97. The second kappa shape index (κ2) is 5.37. The van der Waals surface area contributed by atoms with Gasteiger partial charge >= 0.3 is 0 Å². The van der Waals surface area contributed by atoms with Crippen LogP contribution in [0.3, 0.4) is 0 Å². The smallest absolute Gasteiger partial charge is 0.0762 e. The number of hydrogen-bond donors (Lipinski definition) is 1. The number of nitrogens with zero attached hydrogens (tertiary/aromatic N) is 1. The minimum atomic E-state index is -0.488. The predicted molar refractivity (Wildman–Crippen MR) is 70.2 cm³/mol. The molecule has 2 nitrogen and oxygen atoms in total. The highest BCUT2D eigenvalue weighted by atomic mass is 35.5. The van der Waals surface area contributed by atoms with Crippen LogP contribution in [0.5, 0.6) is 0 Å². The van der Waals surface area contributed by atoms with E-state index in [0.29, 0.717) is 5.02 Å². The quantitative estimate of drug-likeness (QED) is 0.814. The molecule has 0 aromatic heterocycles. The van der Waals surface area contributed by atoms with E-state index in [-0.39, 0.29) is 0 Å². The summed E-state index contributed by atoms with van der Waals surface area (Å²) >= 11 is 6.17. The van der Waals surface area contributed by atoms with Gasteiger partial charge in [0.15, 0.2) is 0 Å². The van der Waals surface area contributed by atoms with E-state index < -0.39 is 6.10 Å². The Morgan fingerprint density at radius 2 is 2.19 bits per heavy atom. The van der Waals surface area contributed by atoms with Crippen molar-refractivity contribution in [2.75, 3.05) is 18.5 Å². The van der Waals surface area contributed by atoms with Gasteiger partial charge in [0.05, 0.1) is 16.8 Å². The van der Waals surface area contributed by atoms with Crippen molar-refractivity contribution in [3.05, 3.63) is 40.9 Å². The predicted octanol–water partition coefficient (Wildman–Crippen LogP) is 3.41. The number of aliphatic hydroxyl groups excluding tert-OH is 1. The molecule has 1 rings (SSSR count). The van der Waals surface area contributed by atoms with Crippen LogP contribution in [0.4, 0.5) is 5.69 Å². The topological polar surface area (TPSA) is 23.5 Å². The van der Waals surface area contributed by atoms with Crippen LogP contribution in [0.2, 0.25) is 5.02 Å². The zero-order valence-corrected chi connectivity index (χ0v) is 10.8. The summed E-state index contributed by atoms with van der Waals surface area (Å²) in [5.41, 5.74) is 2.87. The van der Waals surface area contributed by atoms with Gasteiger partial charge in [-0.25, -0.2) is 0 Å². The second-order valence-electron chi connectivity index (χ2n) is 4.20. The SMILES string of the molecule is C=C(C)CN(C)c1ccc([C@@H](C)O)cc1Cl. The standard InChI is InChI=1S/C13H18ClNO/c1-9(2)8-15(4)13-6-5-11(10(3)16)7-12(13)14/h5-7,10,16H,1,8H2,2-4H3/t10-/m1/s1. The van der Waals surface area contributed by atoms with Crippen LogP contribution in [-0.4, -0.2) is 18.7 Å². The van der Waals surface area contributed by atoms with Gasteiger partial charge in [-0.05, 0) is 31.5 Å². The third-order valence-corrected chi connectivity index (χ3v) is 2.68. The number of rotatable bonds is 4. The first-order valence-electron chi connectivity index (χ1n) is 5.25. The number of likely N-dealkylation sites (N-methyl/N-ethyl adjacent to an activating group) is 1. The minimum Gasteiger partial charge on any atom is -0.389 e. The van der Waals surface area contributed by atoms with Crippen LogP contribution in [0.25, 0.3) is 0 Å². The van der Waals surface area contributed by atoms with Crippen molar-refractivity contribution >= 4 is 17.3 Å². The van der Waals surface area contributed by atoms with Crippen LogP contribution in [0.1, 0.15) is 25.5 Å². The van der Waals surface area contributed by atoms with Crippen molar-refractivity contribution in [3.8, 4) is 0 Å². The van der Waals surface area contributed by atoms with Gasteiger partial charge in [-0.2, -0.15) is 0 Å². The van der Waals surface area contributed by atoms with Gasteiger partial charge in [0, 0.05) is 13.6 Å². The van der Waals surface area contributed by atoms with Crippen molar-refractivity contribution in [2.24, 2.45) is 0 Å². The number of hydrogen-bond acceptors (Lipinski definition) is 2. The maximum Gasteiger partial charge on any atom is 0.0762 e. The van der Waals surface area contributed by atoms with E-state index in [0.717, 1.165) is 23.4 Å². The lowest BCUT2D eigenvalue weighted by Crippen LogP contribution is -2.19. The van der Waals surface area contributed by atoms with Crippen molar-refractivity contribution in [3.63, 3.8) is 0 Å². The Bertz CT molecular complexity index is 388. The van der Waals surface area contributed by atoms with Crippen molar-refractivity contribution < 1.29 is 5.11 Å². The molecule has 0 heterocycles. The average molecular weight is 240 g/mol. The van der Waals surface area contributed by atoms with Crippen molar-refractivity contribution in [1.82, 2.24) is 0 Å². The number of anilines is 1. The normalized spacial score (nSPS) is 12.3. The minimum absolute atomic E-state index is 0.488. The first-order valence-corrected chi connectivity index (χ1v) is 5.62. The Balaban J connectivity index is 2.94. The van der Waals surface area contributed by atoms with E-state index in [4.69, 9.17) is 11.6 Å². The summed E-state index contributed by atoms with van der Waals surface area (Å²) in [6.45, 7) is 8.35. The lowest BCUT2D eigenvalue weighted by Gasteiger charge is -2.21. The fraction of sp³-hybridized carbons (Fsp3) is 0.385. The Kier molecular flexibility index (Phi) is 4.39. The molecular weight excluding hydrogens is 222 g/mol. The van der Waals surface area contributed by atoms with Crippen LogP contribution in [-0.2, 0) is 0 Å². The summed E-state index contributed by atoms with van der Waals surface area (Å²) in [4.78, 5) is 2.04. The zero-order chi connectivity index (χ0) is 12.3. The molecule has 0 aliphatic carbocycles. The molecule has 1 aromatic rings. The Labute approximate surface area is 102 Å². The molecule has 1 atom stereocenters. The van der Waals surface area contributed by atoms with E-state index in [2.05, 4.69) is 6.58 Å². The van der Waals surface area contributed by atoms with E-state index >= 15 is 0 Å². The zero-order valence-electron chi connectivity index (χ0n) is 10.00. The molecule has 1 N–H and O–H groups in total. The molecule has 0 unspecified atom stereocenters. The summed E-state index contributed by atoms with van der Waals surface area (Å²) in [6.07, 6.45) is -0.488. The van der Waals surface area contributed by atoms with Crippen LogP contribution < -0.4 is 4.90 Å². The van der Waals surface area contributed by atoms with Gasteiger partial charge < -0.3 is 10.0 Å². The molecule has 0 fully saturated rings. The summed E-state index contributed by atoms with van der Waals surface area (Å²) in [6, 6.07) is 5.62. The first kappa shape index (κ1) is 13.1. The van der Waals surface area contributed by atoms with E-state index in [1.54, 1.807) is 13.0 Å². The average Bonchev–Trinajstić information content (AvgIpc) is 2.15. The highest BCUT2D eigenvalue weighted by Crippen LogP contribution is 2.28. The molecule has 0 aliphatic rings.